The molecule has 0 spiro atoms. The maximum atomic E-state index is 9.39. The monoisotopic (exact) mass is 232 g/mol. The van der Waals surface area contributed by atoms with Crippen molar-refractivity contribution < 1.29 is 9.84 Å². The van der Waals surface area contributed by atoms with Crippen LogP contribution in [0, 0.1) is 0 Å². The number of benzene rings is 1. The second kappa shape index (κ2) is 4.37. The number of nitrogens with one attached hydrogen (secondary N) is 1. The molecule has 0 saturated carbocycles. The van der Waals surface area contributed by atoms with Gasteiger partial charge in [0.2, 0.25) is 0 Å². The van der Waals surface area contributed by atoms with Gasteiger partial charge < -0.3 is 14.8 Å². The van der Waals surface area contributed by atoms with E-state index in [2.05, 4.69) is 9.97 Å². The number of rotatable bonds is 2. The molecular weight excluding hydrogens is 216 g/mol. The Morgan fingerprint density at radius 3 is 3.18 bits per heavy atom. The van der Waals surface area contributed by atoms with E-state index < -0.39 is 0 Å². The molecule has 1 aromatic carbocycles. The molecule has 0 amide bonds. The molecule has 4 heteroatoms. The van der Waals surface area contributed by atoms with Gasteiger partial charge in [-0.1, -0.05) is 0 Å². The summed E-state index contributed by atoms with van der Waals surface area (Å²) in [5.41, 5.74) is 1.78. The van der Waals surface area contributed by atoms with E-state index in [1.165, 1.54) is 12.8 Å². The van der Waals surface area contributed by atoms with Gasteiger partial charge >= 0.3 is 0 Å². The lowest BCUT2D eigenvalue weighted by atomic mass is 10.1. The van der Waals surface area contributed by atoms with Gasteiger partial charge in [-0.05, 0) is 31.4 Å². The molecule has 1 aliphatic rings. The van der Waals surface area contributed by atoms with Gasteiger partial charge in [0.25, 0.3) is 0 Å². The van der Waals surface area contributed by atoms with E-state index in [9.17, 15) is 5.11 Å². The summed E-state index contributed by atoms with van der Waals surface area (Å²) in [6.07, 6.45) is 4.64. The summed E-state index contributed by atoms with van der Waals surface area (Å²) in [6, 6.07) is 5.18. The number of hydrogen-bond acceptors (Lipinski definition) is 3. The van der Waals surface area contributed by atoms with Crippen LogP contribution >= 0.6 is 0 Å². The number of ether oxygens (including phenoxy) is 1. The average Bonchev–Trinajstić information content (AvgIpc) is 2.71. The van der Waals surface area contributed by atoms with Crippen molar-refractivity contribution in [1.29, 1.82) is 0 Å². The molecule has 90 valence electrons. The largest absolute Gasteiger partial charge is 0.508 e. The lowest BCUT2D eigenvalue weighted by molar-refractivity contribution is 0.0158. The molecule has 1 aliphatic heterocycles. The molecule has 1 fully saturated rings. The first-order valence-corrected chi connectivity index (χ1v) is 6.10. The molecule has 17 heavy (non-hydrogen) atoms. The molecule has 1 saturated heterocycles. The summed E-state index contributed by atoms with van der Waals surface area (Å²) in [4.78, 5) is 7.73. The van der Waals surface area contributed by atoms with Crippen LogP contribution in [0.25, 0.3) is 11.0 Å². The molecule has 1 unspecified atom stereocenters. The zero-order valence-electron chi connectivity index (χ0n) is 9.65. The highest BCUT2D eigenvalue weighted by molar-refractivity contribution is 5.76. The lowest BCUT2D eigenvalue weighted by Gasteiger charge is -2.21. The van der Waals surface area contributed by atoms with Crippen molar-refractivity contribution in [3.63, 3.8) is 0 Å². The first-order valence-electron chi connectivity index (χ1n) is 6.10. The highest BCUT2D eigenvalue weighted by atomic mass is 16.5. The smallest absolute Gasteiger partial charge is 0.117 e. The number of aromatic nitrogens is 2. The van der Waals surface area contributed by atoms with Gasteiger partial charge in [0.05, 0.1) is 17.1 Å². The SMILES string of the molecule is Oc1ccc2nc(CC3CCCCO3)[nH]c2c1. The number of imidazole rings is 1. The number of aromatic hydroxyl groups is 1. The van der Waals surface area contributed by atoms with Gasteiger partial charge in [0.15, 0.2) is 0 Å². The maximum Gasteiger partial charge on any atom is 0.117 e. The summed E-state index contributed by atoms with van der Waals surface area (Å²) >= 11 is 0. The number of phenolic OH excluding ortho intramolecular Hbond substituents is 1. The fraction of sp³-hybridized carbons (Fsp3) is 0.462. The van der Waals surface area contributed by atoms with Crippen molar-refractivity contribution in [1.82, 2.24) is 9.97 Å². The fourth-order valence-corrected chi connectivity index (χ4v) is 2.33. The standard InChI is InChI=1S/C13H16N2O2/c16-9-4-5-11-12(7-9)15-13(14-11)8-10-3-1-2-6-17-10/h4-5,7,10,16H,1-3,6,8H2,(H,14,15). The molecule has 2 heterocycles. The molecule has 0 radical (unpaired) electrons. The Labute approximate surface area is 99.6 Å². The molecule has 4 nitrogen and oxygen atoms in total. The van der Waals surface area contributed by atoms with Gasteiger partial charge in [0, 0.05) is 19.1 Å². The van der Waals surface area contributed by atoms with Crippen molar-refractivity contribution in [3.05, 3.63) is 24.0 Å². The zero-order chi connectivity index (χ0) is 11.7. The lowest BCUT2D eigenvalue weighted by Crippen LogP contribution is -2.21. The van der Waals surface area contributed by atoms with Crippen LogP contribution in [0.4, 0.5) is 0 Å². The number of nitrogens with zero attached hydrogens (tertiary/aromatic N) is 1. The van der Waals surface area contributed by atoms with E-state index in [1.54, 1.807) is 12.1 Å². The van der Waals surface area contributed by atoms with Crippen LogP contribution in [-0.2, 0) is 11.2 Å². The van der Waals surface area contributed by atoms with Crippen LogP contribution in [0.3, 0.4) is 0 Å². The molecule has 3 rings (SSSR count). The van der Waals surface area contributed by atoms with Gasteiger partial charge in [-0.25, -0.2) is 4.98 Å². The van der Waals surface area contributed by atoms with Crippen LogP contribution in [0.1, 0.15) is 25.1 Å². The Hall–Kier alpha value is -1.55. The Bertz CT molecular complexity index is 515. The zero-order valence-corrected chi connectivity index (χ0v) is 9.65. The fourth-order valence-electron chi connectivity index (χ4n) is 2.33. The Balaban J connectivity index is 1.80. The Morgan fingerprint density at radius 1 is 1.41 bits per heavy atom. The molecule has 2 N–H and O–H groups in total. The van der Waals surface area contributed by atoms with Gasteiger partial charge in [-0.15, -0.1) is 0 Å². The predicted molar refractivity (Wildman–Crippen MR) is 65.1 cm³/mol. The minimum absolute atomic E-state index is 0.265. The number of phenols is 1. The molecule has 0 bridgehead atoms. The Morgan fingerprint density at radius 2 is 2.35 bits per heavy atom. The summed E-state index contributed by atoms with van der Waals surface area (Å²) in [5.74, 6) is 1.21. The highest BCUT2D eigenvalue weighted by Crippen LogP contribution is 2.20. The van der Waals surface area contributed by atoms with Crippen molar-refractivity contribution in [2.24, 2.45) is 0 Å². The average molecular weight is 232 g/mol. The summed E-state index contributed by atoms with van der Waals surface area (Å²) in [5, 5.41) is 9.39. The van der Waals surface area contributed by atoms with E-state index in [4.69, 9.17) is 4.74 Å². The molecule has 1 aromatic heterocycles. The predicted octanol–water partition coefficient (Wildman–Crippen LogP) is 2.38. The third-order valence-electron chi connectivity index (χ3n) is 3.21. The van der Waals surface area contributed by atoms with E-state index in [1.807, 2.05) is 6.07 Å². The van der Waals surface area contributed by atoms with Crippen molar-refractivity contribution in [2.45, 2.75) is 31.8 Å². The van der Waals surface area contributed by atoms with Crippen LogP contribution < -0.4 is 0 Å². The number of aromatic amines is 1. The number of fused-ring (bicyclic) bond motifs is 1. The van der Waals surface area contributed by atoms with Gasteiger partial charge in [-0.2, -0.15) is 0 Å². The van der Waals surface area contributed by atoms with E-state index >= 15 is 0 Å². The normalized spacial score (nSPS) is 20.8. The minimum atomic E-state index is 0.265. The third kappa shape index (κ3) is 2.26. The van der Waals surface area contributed by atoms with Crippen LogP contribution in [-0.4, -0.2) is 27.8 Å². The van der Waals surface area contributed by atoms with Crippen LogP contribution in [0.5, 0.6) is 5.75 Å². The second-order valence-corrected chi connectivity index (χ2v) is 4.58. The van der Waals surface area contributed by atoms with Crippen molar-refractivity contribution in [3.8, 4) is 5.75 Å². The van der Waals surface area contributed by atoms with Crippen molar-refractivity contribution in [2.75, 3.05) is 6.61 Å². The van der Waals surface area contributed by atoms with Crippen molar-refractivity contribution >= 4 is 11.0 Å². The first kappa shape index (κ1) is 10.6. The molecular formula is C13H16N2O2. The molecule has 0 aliphatic carbocycles. The van der Waals surface area contributed by atoms with E-state index in [0.717, 1.165) is 36.3 Å². The molecule has 1 atom stereocenters. The van der Waals surface area contributed by atoms with E-state index in [-0.39, 0.29) is 11.9 Å². The first-order chi connectivity index (χ1) is 8.31. The van der Waals surface area contributed by atoms with E-state index in [0.29, 0.717) is 0 Å². The summed E-state index contributed by atoms with van der Waals surface area (Å²) < 4.78 is 5.69. The number of H-pyrrole nitrogens is 1. The Kier molecular flexibility index (Phi) is 2.73. The second-order valence-electron chi connectivity index (χ2n) is 4.58. The molecule has 2 aromatic rings. The number of hydrogen-bond donors (Lipinski definition) is 2. The quantitative estimate of drug-likeness (QED) is 0.835. The van der Waals surface area contributed by atoms with Crippen LogP contribution in [0.2, 0.25) is 0 Å². The summed E-state index contributed by atoms with van der Waals surface area (Å²) in [7, 11) is 0. The summed E-state index contributed by atoms with van der Waals surface area (Å²) in [6.45, 7) is 0.867. The minimum Gasteiger partial charge on any atom is -0.508 e. The van der Waals surface area contributed by atoms with Gasteiger partial charge in [-0.3, -0.25) is 0 Å². The third-order valence-corrected chi connectivity index (χ3v) is 3.21. The van der Waals surface area contributed by atoms with Crippen LogP contribution in [0.15, 0.2) is 18.2 Å². The highest BCUT2D eigenvalue weighted by Gasteiger charge is 2.16. The topological polar surface area (TPSA) is 58.1 Å². The van der Waals surface area contributed by atoms with Gasteiger partial charge in [0.1, 0.15) is 11.6 Å². The maximum absolute atomic E-state index is 9.39.